The fourth-order valence-corrected chi connectivity index (χ4v) is 6.52. The first-order valence-electron chi connectivity index (χ1n) is 11.7. The molecule has 2 aliphatic heterocycles. The van der Waals surface area contributed by atoms with E-state index in [1.807, 2.05) is 37.8 Å². The zero-order valence-electron chi connectivity index (χ0n) is 20.1. The molecule has 0 aromatic heterocycles. The lowest BCUT2D eigenvalue weighted by Gasteiger charge is -2.34. The van der Waals surface area contributed by atoms with E-state index in [1.165, 1.54) is 4.31 Å². The number of benzene rings is 1. The van der Waals surface area contributed by atoms with Gasteiger partial charge in [0.1, 0.15) is 0 Å². The molecule has 9 heteroatoms. The van der Waals surface area contributed by atoms with E-state index in [9.17, 15) is 13.2 Å². The van der Waals surface area contributed by atoms with Crippen molar-refractivity contribution in [1.29, 1.82) is 0 Å². The number of carbonyl (C=O) groups is 1. The first-order chi connectivity index (χ1) is 15.2. The minimum absolute atomic E-state index is 0.0312. The van der Waals surface area contributed by atoms with Crippen LogP contribution in [0.2, 0.25) is 0 Å². The number of hydrogen-bond acceptors (Lipinski definition) is 6. The molecular weight excluding hydrogens is 426 g/mol. The van der Waals surface area contributed by atoms with Gasteiger partial charge in [0.25, 0.3) is 0 Å². The monoisotopic (exact) mass is 465 g/mol. The van der Waals surface area contributed by atoms with Gasteiger partial charge < -0.3 is 15.1 Å². The van der Waals surface area contributed by atoms with Gasteiger partial charge in [-0.2, -0.15) is 4.31 Å². The average molecular weight is 466 g/mol. The van der Waals surface area contributed by atoms with Crippen molar-refractivity contribution in [2.45, 2.75) is 32.1 Å². The third-order valence-electron chi connectivity index (χ3n) is 6.51. The molecule has 32 heavy (non-hydrogen) atoms. The van der Waals surface area contributed by atoms with Gasteiger partial charge in [-0.15, -0.1) is 0 Å². The van der Waals surface area contributed by atoms with Gasteiger partial charge in [-0.1, -0.05) is 17.7 Å². The Bertz CT molecular complexity index is 868. The summed E-state index contributed by atoms with van der Waals surface area (Å²) < 4.78 is 29.1. The van der Waals surface area contributed by atoms with E-state index in [1.54, 1.807) is 0 Å². The second-order valence-electron chi connectivity index (χ2n) is 9.16. The molecular formula is C23H39N5O3S. The molecule has 1 amide bonds. The standard InChI is InChI=1S/C23H39N5O3S/c1-19-17-20(2)23(21(3)18-19)32(30,31)28(16-15-26-13-11-25(4)12-14-26)8-5-22(29)27-9-6-24-7-10-27/h17-18,24H,5-16H2,1-4H3. The highest BCUT2D eigenvalue weighted by Gasteiger charge is 2.30. The Morgan fingerprint density at radius 2 is 1.56 bits per heavy atom. The molecule has 0 spiro atoms. The van der Waals surface area contributed by atoms with Crippen LogP contribution in [0.15, 0.2) is 17.0 Å². The van der Waals surface area contributed by atoms with Crippen LogP contribution in [-0.2, 0) is 14.8 Å². The number of nitrogens with one attached hydrogen (secondary N) is 1. The van der Waals surface area contributed by atoms with Crippen LogP contribution in [0.4, 0.5) is 0 Å². The Kier molecular flexibility index (Phi) is 8.68. The van der Waals surface area contributed by atoms with Gasteiger partial charge in [0.2, 0.25) is 15.9 Å². The van der Waals surface area contributed by atoms with E-state index in [4.69, 9.17) is 0 Å². The summed E-state index contributed by atoms with van der Waals surface area (Å²) in [5.41, 5.74) is 2.58. The van der Waals surface area contributed by atoms with Crippen molar-refractivity contribution in [2.24, 2.45) is 0 Å². The van der Waals surface area contributed by atoms with Gasteiger partial charge in [0.15, 0.2) is 0 Å². The Balaban J connectivity index is 1.76. The van der Waals surface area contributed by atoms with Crippen LogP contribution in [0.5, 0.6) is 0 Å². The summed E-state index contributed by atoms with van der Waals surface area (Å²) in [6.07, 6.45) is 0.214. The first-order valence-corrected chi connectivity index (χ1v) is 13.1. The molecule has 0 aliphatic carbocycles. The second-order valence-corrected chi connectivity index (χ2v) is 11.0. The fraction of sp³-hybridized carbons (Fsp3) is 0.696. The number of nitrogens with zero attached hydrogens (tertiary/aromatic N) is 4. The minimum Gasteiger partial charge on any atom is -0.340 e. The molecule has 1 N–H and O–H groups in total. The molecule has 2 aliphatic rings. The van der Waals surface area contributed by atoms with Crippen LogP contribution >= 0.6 is 0 Å². The summed E-state index contributed by atoms with van der Waals surface area (Å²) >= 11 is 0. The molecule has 1 aromatic carbocycles. The highest BCUT2D eigenvalue weighted by Crippen LogP contribution is 2.25. The van der Waals surface area contributed by atoms with Crippen molar-refractivity contribution < 1.29 is 13.2 Å². The number of piperazine rings is 2. The number of carbonyl (C=O) groups excluding carboxylic acids is 1. The fourth-order valence-electron chi connectivity index (χ4n) is 4.67. The third-order valence-corrected chi connectivity index (χ3v) is 8.71. The molecule has 180 valence electrons. The molecule has 3 rings (SSSR count). The topological polar surface area (TPSA) is 76.2 Å². The summed E-state index contributed by atoms with van der Waals surface area (Å²) in [5.74, 6) is 0.0312. The minimum atomic E-state index is -3.70. The molecule has 2 saturated heterocycles. The third kappa shape index (κ3) is 6.29. The number of likely N-dealkylation sites (N-methyl/N-ethyl adjacent to an activating group) is 1. The molecule has 0 unspecified atom stereocenters. The normalized spacial score (nSPS) is 19.0. The molecule has 2 fully saturated rings. The number of amides is 1. The van der Waals surface area contributed by atoms with Crippen molar-refractivity contribution in [3.63, 3.8) is 0 Å². The maximum atomic E-state index is 13.8. The van der Waals surface area contributed by atoms with Crippen LogP contribution in [-0.4, -0.2) is 112 Å². The van der Waals surface area contributed by atoms with E-state index < -0.39 is 10.0 Å². The van der Waals surface area contributed by atoms with Gasteiger partial charge in [-0.25, -0.2) is 8.42 Å². The van der Waals surface area contributed by atoms with Gasteiger partial charge in [-0.3, -0.25) is 9.69 Å². The summed E-state index contributed by atoms with van der Waals surface area (Å²) in [6.45, 7) is 13.8. The smallest absolute Gasteiger partial charge is 0.243 e. The zero-order chi connectivity index (χ0) is 23.3. The van der Waals surface area contributed by atoms with Gasteiger partial charge in [-0.05, 0) is 38.9 Å². The van der Waals surface area contributed by atoms with Crippen LogP contribution in [0, 0.1) is 20.8 Å². The van der Waals surface area contributed by atoms with Gasteiger partial charge in [0, 0.05) is 78.4 Å². The van der Waals surface area contributed by atoms with Crippen molar-refractivity contribution in [3.05, 3.63) is 28.8 Å². The van der Waals surface area contributed by atoms with E-state index in [-0.39, 0.29) is 18.9 Å². The van der Waals surface area contributed by atoms with Gasteiger partial charge in [0.05, 0.1) is 4.90 Å². The van der Waals surface area contributed by atoms with Crippen molar-refractivity contribution in [1.82, 2.24) is 24.3 Å². The van der Waals surface area contributed by atoms with Crippen molar-refractivity contribution in [3.8, 4) is 0 Å². The molecule has 0 saturated carbocycles. The lowest BCUT2D eigenvalue weighted by molar-refractivity contribution is -0.131. The molecule has 1 aromatic rings. The second kappa shape index (κ2) is 11.1. The van der Waals surface area contributed by atoms with Crippen molar-refractivity contribution in [2.75, 3.05) is 79.0 Å². The van der Waals surface area contributed by atoms with E-state index >= 15 is 0 Å². The highest BCUT2D eigenvalue weighted by atomic mass is 32.2. The van der Waals surface area contributed by atoms with Crippen LogP contribution in [0.3, 0.4) is 0 Å². The molecule has 0 bridgehead atoms. The number of rotatable bonds is 8. The van der Waals surface area contributed by atoms with Crippen LogP contribution in [0.1, 0.15) is 23.1 Å². The maximum Gasteiger partial charge on any atom is 0.243 e. The maximum absolute atomic E-state index is 13.8. The van der Waals surface area contributed by atoms with E-state index in [2.05, 4.69) is 22.2 Å². The summed E-state index contributed by atoms with van der Waals surface area (Å²) in [4.78, 5) is 19.6. The lowest BCUT2D eigenvalue weighted by Crippen LogP contribution is -2.49. The zero-order valence-corrected chi connectivity index (χ0v) is 20.9. The Morgan fingerprint density at radius 3 is 2.16 bits per heavy atom. The SMILES string of the molecule is Cc1cc(C)c(S(=O)(=O)N(CCC(=O)N2CCNCC2)CCN2CCN(C)CC2)c(C)c1. The highest BCUT2D eigenvalue weighted by molar-refractivity contribution is 7.89. The number of sulfonamides is 1. The number of hydrogen-bond donors (Lipinski definition) is 1. The first kappa shape index (κ1) is 25.1. The summed E-state index contributed by atoms with van der Waals surface area (Å²) in [5, 5.41) is 3.25. The average Bonchev–Trinajstić information content (AvgIpc) is 2.74. The molecule has 0 radical (unpaired) electrons. The van der Waals surface area contributed by atoms with Crippen LogP contribution in [0.25, 0.3) is 0 Å². The largest absolute Gasteiger partial charge is 0.340 e. The van der Waals surface area contributed by atoms with Gasteiger partial charge >= 0.3 is 0 Å². The van der Waals surface area contributed by atoms with Crippen LogP contribution < -0.4 is 5.32 Å². The quantitative estimate of drug-likeness (QED) is 0.608. The Morgan fingerprint density at radius 1 is 0.969 bits per heavy atom. The Hall–Kier alpha value is -1.52. The lowest BCUT2D eigenvalue weighted by atomic mass is 10.1. The Labute approximate surface area is 193 Å². The molecule has 8 nitrogen and oxygen atoms in total. The van der Waals surface area contributed by atoms with E-state index in [0.29, 0.717) is 31.1 Å². The summed E-state index contributed by atoms with van der Waals surface area (Å²) in [6, 6.07) is 3.84. The predicted molar refractivity (Wildman–Crippen MR) is 127 cm³/mol. The van der Waals surface area contributed by atoms with E-state index in [0.717, 1.165) is 56.0 Å². The van der Waals surface area contributed by atoms with Crippen molar-refractivity contribution >= 4 is 15.9 Å². The molecule has 0 atom stereocenters. The predicted octanol–water partition coefficient (Wildman–Crippen LogP) is 0.672. The molecule has 2 heterocycles. The number of aryl methyl sites for hydroxylation is 3. The summed E-state index contributed by atoms with van der Waals surface area (Å²) in [7, 11) is -1.59.